The van der Waals surface area contributed by atoms with Crippen molar-refractivity contribution in [2.24, 2.45) is 10.3 Å². The number of rotatable bonds is 2. The molecule has 4 heteroatoms. The van der Waals surface area contributed by atoms with Gasteiger partial charge in [-0.3, -0.25) is 0 Å². The van der Waals surface area contributed by atoms with Crippen molar-refractivity contribution in [3.05, 3.63) is 12.7 Å². The van der Waals surface area contributed by atoms with Crippen LogP contribution in [0.4, 0.5) is 0 Å². The van der Waals surface area contributed by atoms with Gasteiger partial charge in [-0.05, 0) is 18.4 Å². The molecule has 0 bridgehead atoms. The maximum Gasteiger partial charge on any atom is 0.117 e. The van der Waals surface area contributed by atoms with Gasteiger partial charge in [-0.2, -0.15) is 0 Å². The van der Waals surface area contributed by atoms with Crippen molar-refractivity contribution in [2.75, 3.05) is 26.2 Å². The Kier molecular flexibility index (Phi) is 3.70. The van der Waals surface area contributed by atoms with Crippen molar-refractivity contribution in [2.45, 2.75) is 18.6 Å². The number of hydrogen-bond donors (Lipinski definition) is 1. The molecule has 0 aromatic rings. The Hall–Kier alpha value is -0.480. The summed E-state index contributed by atoms with van der Waals surface area (Å²) >= 11 is 1.73. The van der Waals surface area contributed by atoms with Gasteiger partial charge in [0.1, 0.15) is 5.84 Å². The maximum absolute atomic E-state index is 4.66. The molecule has 15 heavy (non-hydrogen) atoms. The zero-order valence-corrected chi connectivity index (χ0v) is 10.1. The molecule has 2 aliphatic rings. The number of nitrogens with one attached hydrogen (secondary N) is 1. The lowest BCUT2D eigenvalue weighted by atomic mass is 10.1. The molecule has 2 unspecified atom stereocenters. The Bertz CT molecular complexity index is 265. The molecule has 1 saturated heterocycles. The van der Waals surface area contributed by atoms with E-state index in [0.717, 1.165) is 32.6 Å². The molecule has 2 aliphatic heterocycles. The van der Waals surface area contributed by atoms with E-state index in [2.05, 4.69) is 28.1 Å². The first-order valence-electron chi connectivity index (χ1n) is 5.61. The highest BCUT2D eigenvalue weighted by Crippen LogP contribution is 2.26. The molecule has 0 spiro atoms. The predicted molar refractivity (Wildman–Crippen MR) is 67.2 cm³/mol. The number of nitrogens with zero attached hydrogens (tertiary/aromatic N) is 2. The van der Waals surface area contributed by atoms with Crippen molar-refractivity contribution < 1.29 is 0 Å². The van der Waals surface area contributed by atoms with Gasteiger partial charge in [-0.15, -0.1) is 6.58 Å². The molecule has 0 saturated carbocycles. The summed E-state index contributed by atoms with van der Waals surface area (Å²) in [6, 6.07) is 0. The second kappa shape index (κ2) is 5.03. The van der Waals surface area contributed by atoms with Gasteiger partial charge in [0.25, 0.3) is 0 Å². The molecular weight excluding hydrogens is 206 g/mol. The summed E-state index contributed by atoms with van der Waals surface area (Å²) in [4.78, 5) is 2.44. The Labute approximate surface area is 96.2 Å². The third-order valence-corrected chi connectivity index (χ3v) is 3.85. The summed E-state index contributed by atoms with van der Waals surface area (Å²) in [7, 11) is 0. The SMILES string of the molecule is C=CCC1CN2CCNCC(C)C2=NS1. The molecule has 2 atom stereocenters. The Morgan fingerprint density at radius 1 is 1.73 bits per heavy atom. The average molecular weight is 225 g/mol. The molecule has 3 nitrogen and oxygen atoms in total. The number of hydrogen-bond acceptors (Lipinski definition) is 4. The minimum atomic E-state index is 0.546. The van der Waals surface area contributed by atoms with Crippen molar-refractivity contribution in [3.63, 3.8) is 0 Å². The lowest BCUT2D eigenvalue weighted by Crippen LogP contribution is -2.42. The first-order chi connectivity index (χ1) is 7.31. The summed E-state index contributed by atoms with van der Waals surface area (Å²) in [5, 5.41) is 4.04. The van der Waals surface area contributed by atoms with Gasteiger partial charge in [0, 0.05) is 37.3 Å². The molecule has 2 rings (SSSR count). The second-order valence-corrected chi connectivity index (χ2v) is 5.31. The van der Waals surface area contributed by atoms with Crippen LogP contribution in [0.1, 0.15) is 13.3 Å². The smallest absolute Gasteiger partial charge is 0.117 e. The molecule has 0 aliphatic carbocycles. The van der Waals surface area contributed by atoms with E-state index in [1.165, 1.54) is 5.84 Å². The Morgan fingerprint density at radius 2 is 2.60 bits per heavy atom. The third-order valence-electron chi connectivity index (χ3n) is 2.92. The van der Waals surface area contributed by atoms with Gasteiger partial charge < -0.3 is 10.2 Å². The minimum Gasteiger partial charge on any atom is -0.357 e. The molecule has 84 valence electrons. The van der Waals surface area contributed by atoms with Crippen LogP contribution in [0.2, 0.25) is 0 Å². The van der Waals surface area contributed by atoms with Crippen molar-refractivity contribution in [1.82, 2.24) is 10.2 Å². The summed E-state index contributed by atoms with van der Waals surface area (Å²) in [5.41, 5.74) is 0. The van der Waals surface area contributed by atoms with Gasteiger partial charge >= 0.3 is 0 Å². The number of allylic oxidation sites excluding steroid dienone is 1. The first-order valence-corrected chi connectivity index (χ1v) is 6.45. The van der Waals surface area contributed by atoms with E-state index in [-0.39, 0.29) is 0 Å². The van der Waals surface area contributed by atoms with Gasteiger partial charge in [0.2, 0.25) is 0 Å². The summed E-state index contributed by atoms with van der Waals surface area (Å²) in [6.07, 6.45) is 3.05. The van der Waals surface area contributed by atoms with Crippen LogP contribution >= 0.6 is 11.9 Å². The Balaban J connectivity index is 2.07. The van der Waals surface area contributed by atoms with Crippen LogP contribution in [0, 0.1) is 5.92 Å². The van der Waals surface area contributed by atoms with E-state index in [9.17, 15) is 0 Å². The van der Waals surface area contributed by atoms with Crippen LogP contribution in [-0.2, 0) is 0 Å². The molecule has 0 amide bonds. The van der Waals surface area contributed by atoms with Gasteiger partial charge in [-0.25, -0.2) is 4.40 Å². The molecular formula is C11H19N3S. The topological polar surface area (TPSA) is 27.6 Å². The molecule has 1 fully saturated rings. The van der Waals surface area contributed by atoms with Crippen molar-refractivity contribution >= 4 is 17.8 Å². The molecule has 2 heterocycles. The van der Waals surface area contributed by atoms with E-state index >= 15 is 0 Å². The van der Waals surface area contributed by atoms with Gasteiger partial charge in [0.05, 0.1) is 0 Å². The largest absolute Gasteiger partial charge is 0.357 e. The van der Waals surface area contributed by atoms with Crippen LogP contribution in [0.5, 0.6) is 0 Å². The highest BCUT2D eigenvalue weighted by atomic mass is 32.2. The number of fused-ring (bicyclic) bond motifs is 1. The Morgan fingerprint density at radius 3 is 3.40 bits per heavy atom. The highest BCUT2D eigenvalue weighted by molar-refractivity contribution is 7.98. The number of amidine groups is 1. The minimum absolute atomic E-state index is 0.546. The predicted octanol–water partition coefficient (Wildman–Crippen LogP) is 1.53. The lowest BCUT2D eigenvalue weighted by molar-refractivity contribution is 0.412. The fourth-order valence-corrected chi connectivity index (χ4v) is 3.12. The van der Waals surface area contributed by atoms with E-state index in [1.54, 1.807) is 11.9 Å². The summed E-state index contributed by atoms with van der Waals surface area (Å²) < 4.78 is 4.66. The average Bonchev–Trinajstić information content (AvgIpc) is 2.41. The lowest BCUT2D eigenvalue weighted by Gasteiger charge is -2.33. The van der Waals surface area contributed by atoms with Crippen LogP contribution in [0.15, 0.2) is 17.1 Å². The van der Waals surface area contributed by atoms with Gasteiger partial charge in [-0.1, -0.05) is 13.0 Å². The fraction of sp³-hybridized carbons (Fsp3) is 0.727. The fourth-order valence-electron chi connectivity index (χ4n) is 2.09. The molecule has 0 aromatic carbocycles. The quantitative estimate of drug-likeness (QED) is 0.570. The second-order valence-electron chi connectivity index (χ2n) is 4.25. The van der Waals surface area contributed by atoms with Crippen molar-refractivity contribution in [1.29, 1.82) is 0 Å². The zero-order valence-electron chi connectivity index (χ0n) is 9.28. The van der Waals surface area contributed by atoms with Crippen LogP contribution in [-0.4, -0.2) is 42.2 Å². The molecule has 1 N–H and O–H groups in total. The monoisotopic (exact) mass is 225 g/mol. The molecule has 0 aromatic heterocycles. The summed E-state index contributed by atoms with van der Waals surface area (Å²) in [5.74, 6) is 1.83. The van der Waals surface area contributed by atoms with Gasteiger partial charge in [0.15, 0.2) is 0 Å². The molecule has 0 radical (unpaired) electrons. The third kappa shape index (κ3) is 2.55. The van der Waals surface area contributed by atoms with E-state index < -0.39 is 0 Å². The van der Waals surface area contributed by atoms with Crippen LogP contribution < -0.4 is 5.32 Å². The van der Waals surface area contributed by atoms with E-state index in [4.69, 9.17) is 0 Å². The highest BCUT2D eigenvalue weighted by Gasteiger charge is 2.27. The maximum atomic E-state index is 4.66. The zero-order chi connectivity index (χ0) is 10.7. The van der Waals surface area contributed by atoms with Crippen LogP contribution in [0.3, 0.4) is 0 Å². The summed E-state index contributed by atoms with van der Waals surface area (Å²) in [6.45, 7) is 10.4. The van der Waals surface area contributed by atoms with Crippen molar-refractivity contribution in [3.8, 4) is 0 Å². The normalized spacial score (nSPS) is 31.5. The van der Waals surface area contributed by atoms with E-state index in [0.29, 0.717) is 11.2 Å². The first kappa shape index (κ1) is 11.0. The standard InChI is InChI=1S/C11H19N3S/c1-3-4-10-8-14-6-5-12-7-9(2)11(14)13-15-10/h3,9-10,12H,1,4-8H2,2H3. The van der Waals surface area contributed by atoms with Crippen LogP contribution in [0.25, 0.3) is 0 Å². The van der Waals surface area contributed by atoms with E-state index in [1.807, 2.05) is 6.08 Å².